The Morgan fingerprint density at radius 1 is 1.23 bits per heavy atom. The van der Waals surface area contributed by atoms with Gasteiger partial charge in [0, 0.05) is 24.1 Å². The normalized spacial score (nSPS) is 18.7. The van der Waals surface area contributed by atoms with Crippen LogP contribution in [0, 0.1) is 11.3 Å². The topological polar surface area (TPSA) is 129 Å². The molecule has 1 aliphatic rings. The van der Waals surface area contributed by atoms with E-state index in [1.807, 2.05) is 18.2 Å². The monoisotopic (exact) mass is 492 g/mol. The minimum Gasteiger partial charge on any atom is -0.759 e. The molecule has 0 amide bonds. The van der Waals surface area contributed by atoms with Crippen LogP contribution in [0.5, 0.6) is 11.5 Å². The van der Waals surface area contributed by atoms with Crippen molar-refractivity contribution < 1.29 is 23.0 Å². The number of benzene rings is 2. The number of carbonyl (C=O) groups is 1. The first kappa shape index (κ1) is 26.1. The van der Waals surface area contributed by atoms with E-state index >= 15 is 0 Å². The lowest BCUT2D eigenvalue weighted by Gasteiger charge is -2.27. The highest BCUT2D eigenvalue weighted by Crippen LogP contribution is 2.27. The fraction of sp³-hybridized carbons (Fsp3) is 0.231. The van der Waals surface area contributed by atoms with Gasteiger partial charge in [0.1, 0.15) is 29.6 Å². The maximum atomic E-state index is 11.2. The summed E-state index contributed by atoms with van der Waals surface area (Å²) in [5, 5.41) is 8.94. The largest absolute Gasteiger partial charge is 0.759 e. The Morgan fingerprint density at radius 3 is 2.54 bits per heavy atom. The summed E-state index contributed by atoms with van der Waals surface area (Å²) in [7, 11) is 0. The number of nitriles is 1. The lowest BCUT2D eigenvalue weighted by atomic mass is 10.0. The highest BCUT2D eigenvalue weighted by atomic mass is 32.2. The zero-order valence-corrected chi connectivity index (χ0v) is 19.9. The van der Waals surface area contributed by atoms with Gasteiger partial charge < -0.3 is 18.8 Å². The molecule has 2 N–H and O–H groups in total. The average molecular weight is 493 g/mol. The molecular formula is C26H26N3O5S-. The third-order valence-electron chi connectivity index (χ3n) is 5.48. The number of nitrogens with two attached hydrogens (primary N) is 1. The molecule has 182 valence electrons. The number of hydrazine groups is 1. The molecule has 0 spiro atoms. The number of aldehydes is 1. The van der Waals surface area contributed by atoms with Crippen molar-refractivity contribution >= 4 is 17.6 Å². The lowest BCUT2D eigenvalue weighted by Crippen LogP contribution is -2.37. The van der Waals surface area contributed by atoms with Crippen LogP contribution in [-0.4, -0.2) is 25.6 Å². The van der Waals surface area contributed by atoms with Gasteiger partial charge in [-0.05, 0) is 66.5 Å². The van der Waals surface area contributed by atoms with Gasteiger partial charge in [-0.3, -0.25) is 10.1 Å². The quantitative estimate of drug-likeness (QED) is 0.241. The van der Waals surface area contributed by atoms with Crippen LogP contribution in [0.15, 0.2) is 84.7 Å². The van der Waals surface area contributed by atoms with Crippen molar-refractivity contribution in [2.45, 2.75) is 37.8 Å². The number of hydrogen-bond acceptors (Lipinski definition) is 7. The van der Waals surface area contributed by atoms with E-state index in [1.54, 1.807) is 48.5 Å². The molecule has 0 radical (unpaired) electrons. The molecule has 35 heavy (non-hydrogen) atoms. The first-order chi connectivity index (χ1) is 16.9. The molecule has 0 heterocycles. The number of allylic oxidation sites excluding steroid dienone is 3. The van der Waals surface area contributed by atoms with E-state index in [0.29, 0.717) is 58.3 Å². The summed E-state index contributed by atoms with van der Waals surface area (Å²) in [5.74, 6) is 7.49. The minimum absolute atomic E-state index is 0.0555. The van der Waals surface area contributed by atoms with Crippen LogP contribution in [0.2, 0.25) is 0 Å². The zero-order valence-electron chi connectivity index (χ0n) is 19.0. The molecule has 0 bridgehead atoms. The molecule has 3 atom stereocenters. The molecule has 3 rings (SSSR count). The Balaban J connectivity index is 1.62. The number of rotatable bonds is 9. The number of carbonyl (C=O) groups excluding carboxylic acids is 1. The van der Waals surface area contributed by atoms with Crippen LogP contribution >= 0.6 is 0 Å². The van der Waals surface area contributed by atoms with Crippen LogP contribution in [0.1, 0.15) is 42.9 Å². The van der Waals surface area contributed by atoms with E-state index in [4.69, 9.17) is 20.6 Å². The molecule has 8 nitrogen and oxygen atoms in total. The minimum atomic E-state index is -2.65. The van der Waals surface area contributed by atoms with Crippen LogP contribution in [-0.2, 0) is 16.1 Å². The van der Waals surface area contributed by atoms with E-state index in [0.717, 1.165) is 5.57 Å². The van der Waals surface area contributed by atoms with Gasteiger partial charge >= 0.3 is 0 Å². The summed E-state index contributed by atoms with van der Waals surface area (Å²) >= 11 is -2.65. The van der Waals surface area contributed by atoms with E-state index < -0.39 is 17.3 Å². The molecule has 2 aromatic carbocycles. The van der Waals surface area contributed by atoms with Crippen molar-refractivity contribution in [1.29, 1.82) is 5.26 Å². The van der Waals surface area contributed by atoms with Gasteiger partial charge in [0.05, 0.1) is 17.7 Å². The standard InChI is InChI=1S/C26H27N3O5S/c1-19-6-11-22(4-2-3-5-26(19)34-24-12-7-20(18-27)8-13-24)33-23-14-9-21(10-15-23)25(16-17-30)29(28)35(31)32/h2-3,5,7-10,12-15,17,22,25H,1,4,6,11,16,28H2,(H,31,32)/p-1/b3-2-,26-5?/t22-,25?/m0/s1. The van der Waals surface area contributed by atoms with E-state index in [-0.39, 0.29) is 12.5 Å². The van der Waals surface area contributed by atoms with Crippen molar-refractivity contribution in [3.8, 4) is 17.6 Å². The SMILES string of the molecule is C=C1CC[C@@H](Oc2ccc(C(CC=O)N(N)S(=O)[O-])cc2)C/C=C\C=C1Oc1ccc(C#N)cc1. The predicted molar refractivity (Wildman–Crippen MR) is 131 cm³/mol. The molecule has 0 saturated carbocycles. The average Bonchev–Trinajstić information content (AvgIpc) is 2.95. The van der Waals surface area contributed by atoms with Gasteiger partial charge in [0.15, 0.2) is 0 Å². The molecule has 0 aliphatic heterocycles. The predicted octanol–water partition coefficient (Wildman–Crippen LogP) is 4.16. The van der Waals surface area contributed by atoms with Crippen molar-refractivity contribution in [3.05, 3.63) is 95.8 Å². The van der Waals surface area contributed by atoms with E-state index in [1.165, 1.54) is 0 Å². The first-order valence-corrected chi connectivity index (χ1v) is 12.0. The molecule has 0 aromatic heterocycles. The smallest absolute Gasteiger partial charge is 0.130 e. The summed E-state index contributed by atoms with van der Waals surface area (Å²) in [4.78, 5) is 11.0. The van der Waals surface area contributed by atoms with Crippen LogP contribution in [0.4, 0.5) is 0 Å². The third-order valence-corrected chi connectivity index (χ3v) is 6.08. The molecule has 2 unspecified atom stereocenters. The van der Waals surface area contributed by atoms with E-state index in [2.05, 4.69) is 12.6 Å². The van der Waals surface area contributed by atoms with E-state index in [9.17, 15) is 13.6 Å². The molecule has 0 saturated heterocycles. The lowest BCUT2D eigenvalue weighted by molar-refractivity contribution is -0.108. The van der Waals surface area contributed by atoms with Gasteiger partial charge in [-0.1, -0.05) is 30.9 Å². The first-order valence-electron chi connectivity index (χ1n) is 11.0. The van der Waals surface area contributed by atoms with Crippen LogP contribution in [0.25, 0.3) is 0 Å². The molecule has 0 fully saturated rings. The molecular weight excluding hydrogens is 466 g/mol. The summed E-state index contributed by atoms with van der Waals surface area (Å²) in [6.07, 6.45) is 8.27. The van der Waals surface area contributed by atoms with Gasteiger partial charge in [0.2, 0.25) is 0 Å². The zero-order chi connectivity index (χ0) is 25.2. The van der Waals surface area contributed by atoms with Gasteiger partial charge in [-0.25, -0.2) is 0 Å². The second-order valence-electron chi connectivity index (χ2n) is 7.88. The summed E-state index contributed by atoms with van der Waals surface area (Å²) < 4.78 is 35.2. The third kappa shape index (κ3) is 7.47. The van der Waals surface area contributed by atoms with Crippen molar-refractivity contribution in [2.75, 3.05) is 0 Å². The maximum Gasteiger partial charge on any atom is 0.130 e. The van der Waals surface area contributed by atoms with Gasteiger partial charge in [-0.2, -0.15) is 9.68 Å². The van der Waals surface area contributed by atoms with Crippen LogP contribution < -0.4 is 15.3 Å². The Hall–Kier alpha value is -3.55. The summed E-state index contributed by atoms with van der Waals surface area (Å²) in [6, 6.07) is 15.1. The number of hydrogen-bond donors (Lipinski definition) is 1. The highest BCUT2D eigenvalue weighted by Gasteiger charge is 2.19. The highest BCUT2D eigenvalue weighted by molar-refractivity contribution is 7.76. The Labute approximate surface area is 207 Å². The number of ether oxygens (including phenoxy) is 2. The Kier molecular flexibility index (Phi) is 9.52. The second-order valence-corrected chi connectivity index (χ2v) is 8.74. The Morgan fingerprint density at radius 2 is 1.91 bits per heavy atom. The van der Waals surface area contributed by atoms with Crippen molar-refractivity contribution in [1.82, 2.24) is 4.41 Å². The maximum absolute atomic E-state index is 11.2. The molecule has 1 aliphatic carbocycles. The fourth-order valence-electron chi connectivity index (χ4n) is 3.56. The second kappa shape index (κ2) is 12.8. The van der Waals surface area contributed by atoms with Crippen molar-refractivity contribution in [2.24, 2.45) is 5.84 Å². The molecule has 9 heteroatoms. The van der Waals surface area contributed by atoms with Gasteiger partial charge in [-0.15, -0.1) is 0 Å². The fourth-order valence-corrected chi connectivity index (χ4v) is 3.98. The summed E-state index contributed by atoms with van der Waals surface area (Å²) in [5.41, 5.74) is 1.98. The molecule has 2 aromatic rings. The van der Waals surface area contributed by atoms with Crippen molar-refractivity contribution in [3.63, 3.8) is 0 Å². The van der Waals surface area contributed by atoms with Gasteiger partial charge in [0.25, 0.3) is 0 Å². The van der Waals surface area contributed by atoms with Crippen LogP contribution in [0.3, 0.4) is 0 Å². The Bertz CT molecular complexity index is 1150. The summed E-state index contributed by atoms with van der Waals surface area (Å²) in [6.45, 7) is 4.16. The number of nitrogens with zero attached hydrogens (tertiary/aromatic N) is 2.